The van der Waals surface area contributed by atoms with Crippen molar-refractivity contribution in [1.29, 1.82) is 0 Å². The van der Waals surface area contributed by atoms with Crippen LogP contribution in [-0.2, 0) is 11.3 Å². The van der Waals surface area contributed by atoms with Crippen LogP contribution in [0.15, 0.2) is 36.4 Å². The number of carbonyl (C=O) groups excluding carboxylic acids is 1. The number of ether oxygens (including phenoxy) is 1. The molecule has 0 fully saturated rings. The molecular weight excluding hydrogens is 276 g/mol. The summed E-state index contributed by atoms with van der Waals surface area (Å²) in [5.74, 6) is 0.986. The summed E-state index contributed by atoms with van der Waals surface area (Å²) in [6, 6.07) is 12.1. The third-order valence-corrected chi connectivity index (χ3v) is 4.07. The highest BCUT2D eigenvalue weighted by molar-refractivity contribution is 5.91. The van der Waals surface area contributed by atoms with Crippen LogP contribution in [0.25, 0.3) is 10.8 Å². The minimum absolute atomic E-state index is 0.111. The molecule has 0 unspecified atom stereocenters. The molecule has 0 aliphatic carbocycles. The fourth-order valence-corrected chi connectivity index (χ4v) is 2.62. The predicted molar refractivity (Wildman–Crippen MR) is 90.1 cm³/mol. The summed E-state index contributed by atoms with van der Waals surface area (Å²) in [6.07, 6.45) is 0. The number of likely N-dealkylation sites (N-methyl/N-ethyl adjacent to an activating group) is 2. The van der Waals surface area contributed by atoms with Gasteiger partial charge in [0.2, 0.25) is 5.91 Å². The van der Waals surface area contributed by atoms with Crippen LogP contribution in [0.5, 0.6) is 5.75 Å². The van der Waals surface area contributed by atoms with Crippen LogP contribution in [0.1, 0.15) is 12.5 Å². The zero-order valence-corrected chi connectivity index (χ0v) is 14.0. The molecule has 22 heavy (non-hydrogen) atoms. The number of amides is 1. The smallest absolute Gasteiger partial charge is 0.239 e. The fraction of sp³-hybridized carbons (Fsp3) is 0.389. The zero-order chi connectivity index (χ0) is 16.3. The van der Waals surface area contributed by atoms with Crippen molar-refractivity contribution < 1.29 is 9.53 Å². The second-order valence-electron chi connectivity index (χ2n) is 5.80. The number of carbonyl (C=O) groups is 1. The van der Waals surface area contributed by atoms with Gasteiger partial charge in [-0.15, -0.1) is 0 Å². The molecule has 2 aromatic rings. The molecule has 4 nitrogen and oxygen atoms in total. The molecule has 0 aromatic heterocycles. The highest BCUT2D eigenvalue weighted by Gasteiger charge is 2.20. The molecule has 0 N–H and O–H groups in total. The number of benzene rings is 2. The van der Waals surface area contributed by atoms with Gasteiger partial charge in [-0.1, -0.05) is 30.3 Å². The number of nitrogens with zero attached hydrogens (tertiary/aromatic N) is 2. The van der Waals surface area contributed by atoms with E-state index in [4.69, 9.17) is 4.74 Å². The van der Waals surface area contributed by atoms with Crippen LogP contribution in [-0.4, -0.2) is 50.0 Å². The molecule has 0 radical (unpaired) electrons. The van der Waals surface area contributed by atoms with Gasteiger partial charge >= 0.3 is 0 Å². The maximum atomic E-state index is 12.1. The minimum atomic E-state index is -0.157. The molecule has 2 rings (SSSR count). The van der Waals surface area contributed by atoms with Crippen LogP contribution in [0.4, 0.5) is 0 Å². The molecule has 0 aliphatic heterocycles. The normalized spacial score (nSPS) is 12.5. The topological polar surface area (TPSA) is 32.8 Å². The Kier molecular flexibility index (Phi) is 5.03. The van der Waals surface area contributed by atoms with E-state index in [0.717, 1.165) is 11.1 Å². The Morgan fingerprint density at radius 1 is 1.09 bits per heavy atom. The van der Waals surface area contributed by atoms with Gasteiger partial charge in [0.05, 0.1) is 13.2 Å². The Labute approximate surface area is 132 Å². The quantitative estimate of drug-likeness (QED) is 0.851. The van der Waals surface area contributed by atoms with E-state index < -0.39 is 0 Å². The van der Waals surface area contributed by atoms with Crippen molar-refractivity contribution in [2.45, 2.75) is 19.5 Å². The molecule has 0 bridgehead atoms. The van der Waals surface area contributed by atoms with Crippen molar-refractivity contribution in [2.75, 3.05) is 28.3 Å². The van der Waals surface area contributed by atoms with E-state index in [0.29, 0.717) is 6.54 Å². The Morgan fingerprint density at radius 2 is 1.73 bits per heavy atom. The number of hydrogen-bond donors (Lipinski definition) is 0. The minimum Gasteiger partial charge on any atom is -0.496 e. The SMILES string of the molecule is COc1ccc(CN(C)[C@@H](C)C(=O)N(C)C)c2ccccc12. The van der Waals surface area contributed by atoms with E-state index in [1.807, 2.05) is 32.2 Å². The van der Waals surface area contributed by atoms with Crippen molar-refractivity contribution in [3.8, 4) is 5.75 Å². The van der Waals surface area contributed by atoms with Crippen LogP contribution in [0, 0.1) is 0 Å². The van der Waals surface area contributed by atoms with Gasteiger partial charge in [-0.3, -0.25) is 9.69 Å². The monoisotopic (exact) mass is 300 g/mol. The highest BCUT2D eigenvalue weighted by atomic mass is 16.5. The third-order valence-electron chi connectivity index (χ3n) is 4.07. The molecule has 0 heterocycles. The Morgan fingerprint density at radius 3 is 2.32 bits per heavy atom. The Balaban J connectivity index is 2.30. The maximum Gasteiger partial charge on any atom is 0.239 e. The first-order valence-corrected chi connectivity index (χ1v) is 7.41. The Bertz CT molecular complexity index is 667. The first-order valence-electron chi connectivity index (χ1n) is 7.41. The number of hydrogen-bond acceptors (Lipinski definition) is 3. The van der Waals surface area contributed by atoms with Gasteiger partial charge in [-0.2, -0.15) is 0 Å². The molecule has 1 amide bonds. The van der Waals surface area contributed by atoms with E-state index in [9.17, 15) is 4.79 Å². The number of rotatable bonds is 5. The van der Waals surface area contributed by atoms with Gasteiger partial charge < -0.3 is 9.64 Å². The number of fused-ring (bicyclic) bond motifs is 1. The molecule has 4 heteroatoms. The van der Waals surface area contributed by atoms with Gasteiger partial charge in [0.25, 0.3) is 0 Å². The lowest BCUT2D eigenvalue weighted by atomic mass is 10.0. The van der Waals surface area contributed by atoms with E-state index in [1.165, 1.54) is 10.9 Å². The Hall–Kier alpha value is -2.07. The molecule has 0 aliphatic rings. The van der Waals surface area contributed by atoms with E-state index in [1.54, 1.807) is 26.1 Å². The second kappa shape index (κ2) is 6.79. The summed E-state index contributed by atoms with van der Waals surface area (Å²) in [7, 11) is 7.24. The molecule has 118 valence electrons. The number of methoxy groups -OCH3 is 1. The molecule has 0 saturated carbocycles. The molecule has 1 atom stereocenters. The highest BCUT2D eigenvalue weighted by Crippen LogP contribution is 2.29. The lowest BCUT2D eigenvalue weighted by molar-refractivity contribution is -0.133. The first kappa shape index (κ1) is 16.3. The van der Waals surface area contributed by atoms with Gasteiger partial charge in [0, 0.05) is 26.0 Å². The maximum absolute atomic E-state index is 12.1. The predicted octanol–water partition coefficient (Wildman–Crippen LogP) is 2.76. The van der Waals surface area contributed by atoms with Gasteiger partial charge in [-0.25, -0.2) is 0 Å². The lowest BCUT2D eigenvalue weighted by Gasteiger charge is -2.27. The van der Waals surface area contributed by atoms with E-state index in [2.05, 4.69) is 23.1 Å². The van der Waals surface area contributed by atoms with Crippen LogP contribution >= 0.6 is 0 Å². The summed E-state index contributed by atoms with van der Waals surface area (Å²) < 4.78 is 5.43. The average Bonchev–Trinajstić information content (AvgIpc) is 2.53. The van der Waals surface area contributed by atoms with E-state index in [-0.39, 0.29) is 11.9 Å². The van der Waals surface area contributed by atoms with Crippen molar-refractivity contribution in [2.24, 2.45) is 0 Å². The lowest BCUT2D eigenvalue weighted by Crippen LogP contribution is -2.42. The standard InChI is InChI=1S/C18H24N2O2/c1-13(18(21)19(2)3)20(4)12-14-10-11-17(22-5)16-9-7-6-8-15(14)16/h6-11,13H,12H2,1-5H3/t13-/m0/s1. The van der Waals surface area contributed by atoms with Gasteiger partial charge in [-0.05, 0) is 31.0 Å². The van der Waals surface area contributed by atoms with Crippen molar-refractivity contribution >= 4 is 16.7 Å². The van der Waals surface area contributed by atoms with Crippen molar-refractivity contribution in [3.05, 3.63) is 42.0 Å². The van der Waals surface area contributed by atoms with Crippen LogP contribution < -0.4 is 4.74 Å². The second-order valence-corrected chi connectivity index (χ2v) is 5.80. The fourth-order valence-electron chi connectivity index (χ4n) is 2.62. The largest absolute Gasteiger partial charge is 0.496 e. The van der Waals surface area contributed by atoms with Gasteiger partial charge in [0.1, 0.15) is 5.75 Å². The molecule has 0 spiro atoms. The van der Waals surface area contributed by atoms with Crippen LogP contribution in [0.3, 0.4) is 0 Å². The average molecular weight is 300 g/mol. The summed E-state index contributed by atoms with van der Waals surface area (Å²) in [5.41, 5.74) is 1.19. The first-order chi connectivity index (χ1) is 10.5. The van der Waals surface area contributed by atoms with Crippen molar-refractivity contribution in [1.82, 2.24) is 9.80 Å². The van der Waals surface area contributed by atoms with Gasteiger partial charge in [0.15, 0.2) is 0 Å². The summed E-state index contributed by atoms with van der Waals surface area (Å²) in [6.45, 7) is 2.65. The summed E-state index contributed by atoms with van der Waals surface area (Å²) >= 11 is 0. The molecule has 0 saturated heterocycles. The third kappa shape index (κ3) is 3.22. The van der Waals surface area contributed by atoms with E-state index >= 15 is 0 Å². The molecule has 2 aromatic carbocycles. The zero-order valence-electron chi connectivity index (χ0n) is 14.0. The van der Waals surface area contributed by atoms with Crippen molar-refractivity contribution in [3.63, 3.8) is 0 Å². The van der Waals surface area contributed by atoms with Crippen LogP contribution in [0.2, 0.25) is 0 Å². The summed E-state index contributed by atoms with van der Waals surface area (Å²) in [4.78, 5) is 15.8. The molecular formula is C18H24N2O2. The summed E-state index contributed by atoms with van der Waals surface area (Å²) in [5, 5.41) is 2.26.